The summed E-state index contributed by atoms with van der Waals surface area (Å²) >= 11 is 1.80. The highest BCUT2D eigenvalue weighted by atomic mass is 32.1. The molecule has 0 saturated heterocycles. The third-order valence-corrected chi connectivity index (χ3v) is 3.64. The monoisotopic (exact) mass is 243 g/mol. The lowest BCUT2D eigenvalue weighted by Crippen LogP contribution is -2.39. The molecule has 0 aliphatic rings. The van der Waals surface area contributed by atoms with E-state index in [0.717, 1.165) is 13.0 Å². The van der Waals surface area contributed by atoms with Gasteiger partial charge in [0, 0.05) is 25.6 Å². The van der Waals surface area contributed by atoms with Crippen molar-refractivity contribution in [3.05, 3.63) is 21.9 Å². The Morgan fingerprint density at radius 2 is 2.06 bits per heavy atom. The molecule has 0 aliphatic heterocycles. The molecule has 0 spiro atoms. The van der Waals surface area contributed by atoms with Gasteiger partial charge in [-0.1, -0.05) is 6.92 Å². The number of hydrogen-bond acceptors (Lipinski definition) is 4. The van der Waals surface area contributed by atoms with Gasteiger partial charge in [-0.25, -0.2) is 0 Å². The highest BCUT2D eigenvalue weighted by Crippen LogP contribution is 2.17. The summed E-state index contributed by atoms with van der Waals surface area (Å²) in [5, 5.41) is 5.57. The molecular weight excluding hydrogens is 222 g/mol. The summed E-state index contributed by atoms with van der Waals surface area (Å²) < 4.78 is 10.4. The van der Waals surface area contributed by atoms with Gasteiger partial charge in [0.15, 0.2) is 6.29 Å². The van der Waals surface area contributed by atoms with Crippen molar-refractivity contribution in [1.82, 2.24) is 5.32 Å². The van der Waals surface area contributed by atoms with Crippen LogP contribution in [-0.4, -0.2) is 26.6 Å². The summed E-state index contributed by atoms with van der Waals surface area (Å²) in [6.45, 7) is 5.13. The summed E-state index contributed by atoms with van der Waals surface area (Å²) in [6, 6.07) is 2.37. The van der Waals surface area contributed by atoms with E-state index >= 15 is 0 Å². The van der Waals surface area contributed by atoms with E-state index in [0.29, 0.717) is 0 Å². The van der Waals surface area contributed by atoms with Crippen LogP contribution in [-0.2, 0) is 22.4 Å². The number of thiophene rings is 1. The number of hydrogen-bond donors (Lipinski definition) is 1. The molecule has 1 atom stereocenters. The van der Waals surface area contributed by atoms with Crippen molar-refractivity contribution in [2.75, 3.05) is 14.2 Å². The van der Waals surface area contributed by atoms with Gasteiger partial charge in [-0.3, -0.25) is 0 Å². The van der Waals surface area contributed by atoms with Crippen LogP contribution in [0.15, 0.2) is 11.4 Å². The quantitative estimate of drug-likeness (QED) is 0.746. The van der Waals surface area contributed by atoms with Crippen LogP contribution in [0, 0.1) is 0 Å². The second-order valence-electron chi connectivity index (χ2n) is 3.73. The first kappa shape index (κ1) is 13.6. The molecular formula is C12H21NO2S. The van der Waals surface area contributed by atoms with Crippen LogP contribution in [0.25, 0.3) is 0 Å². The van der Waals surface area contributed by atoms with Gasteiger partial charge in [-0.15, -0.1) is 11.3 Å². The van der Waals surface area contributed by atoms with Gasteiger partial charge in [-0.05, 0) is 30.4 Å². The van der Waals surface area contributed by atoms with Crippen molar-refractivity contribution in [3.63, 3.8) is 0 Å². The van der Waals surface area contributed by atoms with Gasteiger partial charge in [0.1, 0.15) is 0 Å². The molecule has 0 amide bonds. The Labute approximate surface area is 102 Å². The molecule has 0 saturated carbocycles. The van der Waals surface area contributed by atoms with Crippen LogP contribution >= 0.6 is 11.3 Å². The number of methoxy groups -OCH3 is 2. The zero-order valence-corrected chi connectivity index (χ0v) is 11.3. The molecule has 0 bridgehead atoms. The third kappa shape index (κ3) is 3.56. The van der Waals surface area contributed by atoms with Crippen LogP contribution in [0.3, 0.4) is 0 Å². The van der Waals surface area contributed by atoms with E-state index in [1.165, 1.54) is 10.4 Å². The molecule has 92 valence electrons. The fourth-order valence-electron chi connectivity index (χ4n) is 1.69. The maximum absolute atomic E-state index is 5.21. The Morgan fingerprint density at radius 3 is 2.62 bits per heavy atom. The predicted molar refractivity (Wildman–Crippen MR) is 67.8 cm³/mol. The average Bonchev–Trinajstić information content (AvgIpc) is 2.75. The maximum atomic E-state index is 5.21. The summed E-state index contributed by atoms with van der Waals surface area (Å²) in [5.74, 6) is 0. The normalized spacial score (nSPS) is 13.3. The average molecular weight is 243 g/mol. The van der Waals surface area contributed by atoms with E-state index in [4.69, 9.17) is 9.47 Å². The Balaban J connectivity index is 2.45. The van der Waals surface area contributed by atoms with E-state index in [1.807, 2.05) is 0 Å². The Bertz CT molecular complexity index is 297. The molecule has 1 aromatic rings. The van der Waals surface area contributed by atoms with Gasteiger partial charge in [0.25, 0.3) is 0 Å². The predicted octanol–water partition coefficient (Wildman–Crippen LogP) is 2.41. The lowest BCUT2D eigenvalue weighted by atomic mass is 10.2. The summed E-state index contributed by atoms with van der Waals surface area (Å²) in [5.41, 5.74) is 1.43. The molecule has 1 N–H and O–H groups in total. The maximum Gasteiger partial charge on any atom is 0.171 e. The molecule has 1 heterocycles. The SMILES string of the molecule is CCc1ccsc1CNC(C)C(OC)OC. The molecule has 16 heavy (non-hydrogen) atoms. The van der Waals surface area contributed by atoms with Crippen molar-refractivity contribution in [2.24, 2.45) is 0 Å². The lowest BCUT2D eigenvalue weighted by molar-refractivity contribution is -0.119. The Kier molecular flexibility index (Phi) is 5.98. The van der Waals surface area contributed by atoms with Crippen LogP contribution in [0.5, 0.6) is 0 Å². The summed E-state index contributed by atoms with van der Waals surface area (Å²) in [6.07, 6.45) is 0.900. The van der Waals surface area contributed by atoms with Gasteiger partial charge in [0.05, 0.1) is 6.04 Å². The molecule has 0 radical (unpaired) electrons. The second kappa shape index (κ2) is 7.01. The first-order valence-corrected chi connectivity index (χ1v) is 6.45. The lowest BCUT2D eigenvalue weighted by Gasteiger charge is -2.22. The van der Waals surface area contributed by atoms with Crippen LogP contribution < -0.4 is 5.32 Å². The van der Waals surface area contributed by atoms with Crippen molar-refractivity contribution >= 4 is 11.3 Å². The molecule has 0 aromatic carbocycles. The van der Waals surface area contributed by atoms with Crippen LogP contribution in [0.1, 0.15) is 24.3 Å². The van der Waals surface area contributed by atoms with Crippen molar-refractivity contribution < 1.29 is 9.47 Å². The van der Waals surface area contributed by atoms with E-state index in [-0.39, 0.29) is 12.3 Å². The zero-order chi connectivity index (χ0) is 12.0. The minimum atomic E-state index is -0.190. The Morgan fingerprint density at radius 1 is 1.38 bits per heavy atom. The minimum absolute atomic E-state index is 0.182. The highest BCUT2D eigenvalue weighted by Gasteiger charge is 2.15. The van der Waals surface area contributed by atoms with E-state index in [1.54, 1.807) is 25.6 Å². The van der Waals surface area contributed by atoms with Gasteiger partial charge in [0.2, 0.25) is 0 Å². The largest absolute Gasteiger partial charge is 0.354 e. The molecule has 0 aliphatic carbocycles. The Hall–Kier alpha value is -0.420. The summed E-state index contributed by atoms with van der Waals surface area (Å²) in [4.78, 5) is 1.40. The topological polar surface area (TPSA) is 30.5 Å². The highest BCUT2D eigenvalue weighted by molar-refractivity contribution is 7.10. The fourth-order valence-corrected chi connectivity index (χ4v) is 2.62. The fraction of sp³-hybridized carbons (Fsp3) is 0.667. The minimum Gasteiger partial charge on any atom is -0.354 e. The standard InChI is InChI=1S/C12H21NO2S/c1-5-10-6-7-16-11(10)8-13-9(2)12(14-3)15-4/h6-7,9,12-13H,5,8H2,1-4H3. The van der Waals surface area contributed by atoms with Crippen molar-refractivity contribution in [2.45, 2.75) is 39.1 Å². The van der Waals surface area contributed by atoms with Crippen LogP contribution in [0.2, 0.25) is 0 Å². The van der Waals surface area contributed by atoms with Crippen molar-refractivity contribution in [3.8, 4) is 0 Å². The van der Waals surface area contributed by atoms with E-state index < -0.39 is 0 Å². The smallest absolute Gasteiger partial charge is 0.171 e. The summed E-state index contributed by atoms with van der Waals surface area (Å²) in [7, 11) is 3.32. The van der Waals surface area contributed by atoms with Gasteiger partial charge >= 0.3 is 0 Å². The van der Waals surface area contributed by atoms with E-state index in [9.17, 15) is 0 Å². The molecule has 3 nitrogen and oxygen atoms in total. The molecule has 4 heteroatoms. The molecule has 0 fully saturated rings. The van der Waals surface area contributed by atoms with E-state index in [2.05, 4.69) is 30.6 Å². The van der Waals surface area contributed by atoms with Gasteiger partial charge < -0.3 is 14.8 Å². The number of aryl methyl sites for hydroxylation is 1. The molecule has 1 unspecified atom stereocenters. The van der Waals surface area contributed by atoms with Crippen LogP contribution in [0.4, 0.5) is 0 Å². The first-order chi connectivity index (χ1) is 7.72. The first-order valence-electron chi connectivity index (χ1n) is 5.57. The number of ether oxygens (including phenoxy) is 2. The second-order valence-corrected chi connectivity index (χ2v) is 4.73. The van der Waals surface area contributed by atoms with Crippen molar-refractivity contribution in [1.29, 1.82) is 0 Å². The number of rotatable bonds is 7. The van der Waals surface area contributed by atoms with Gasteiger partial charge in [-0.2, -0.15) is 0 Å². The third-order valence-electron chi connectivity index (χ3n) is 2.68. The molecule has 1 aromatic heterocycles. The molecule has 1 rings (SSSR count). The zero-order valence-electron chi connectivity index (χ0n) is 10.4. The number of nitrogens with one attached hydrogen (secondary N) is 1.